The fraction of sp³-hybridized carbons (Fsp3) is 0.382. The van der Waals surface area contributed by atoms with E-state index in [2.05, 4.69) is 45.7 Å². The number of aromatic nitrogens is 4. The molecule has 0 radical (unpaired) electrons. The molecule has 0 aliphatic carbocycles. The largest absolute Gasteiger partial charge is 0.475 e. The average molecular weight is 645 g/mol. The number of fused-ring (bicyclic) bond motifs is 4. The lowest BCUT2D eigenvalue weighted by Gasteiger charge is -2.35. The Morgan fingerprint density at radius 1 is 1.00 bits per heavy atom. The fourth-order valence-electron chi connectivity index (χ4n) is 5.46. The topological polar surface area (TPSA) is 136 Å². The molecule has 2 aromatic carbocycles. The smallest absolute Gasteiger partial charge is 0.264 e. The van der Waals surface area contributed by atoms with E-state index in [0.717, 1.165) is 16.7 Å². The minimum atomic E-state index is -4.17. The minimum Gasteiger partial charge on any atom is -0.475 e. The molecular formula is C34H40N6O5S. The summed E-state index contributed by atoms with van der Waals surface area (Å²) in [5, 5.41) is 8.53. The number of hydrogen-bond donors (Lipinski definition) is 1. The van der Waals surface area contributed by atoms with Gasteiger partial charge < -0.3 is 14.4 Å². The molecule has 1 amide bonds. The van der Waals surface area contributed by atoms with Crippen molar-refractivity contribution in [3.05, 3.63) is 83.0 Å². The van der Waals surface area contributed by atoms with Crippen LogP contribution in [-0.2, 0) is 16.6 Å². The lowest BCUT2D eigenvalue weighted by Crippen LogP contribution is -2.45. The first-order valence-corrected chi connectivity index (χ1v) is 16.7. The van der Waals surface area contributed by atoms with Crippen molar-refractivity contribution >= 4 is 21.9 Å². The molecule has 0 saturated heterocycles. The Morgan fingerprint density at radius 2 is 1.72 bits per heavy atom. The molecule has 4 aromatic rings. The van der Waals surface area contributed by atoms with Crippen LogP contribution in [0.25, 0.3) is 11.3 Å². The van der Waals surface area contributed by atoms with Gasteiger partial charge >= 0.3 is 0 Å². The monoisotopic (exact) mass is 644 g/mol. The normalized spacial score (nSPS) is 16.5. The number of nitrogens with zero attached hydrogens (tertiary/aromatic N) is 5. The van der Waals surface area contributed by atoms with Gasteiger partial charge in [0.2, 0.25) is 17.7 Å². The number of rotatable bonds is 6. The predicted octanol–water partition coefficient (Wildman–Crippen LogP) is 5.98. The number of benzene rings is 2. The van der Waals surface area contributed by atoms with Gasteiger partial charge in [-0.1, -0.05) is 45.0 Å². The van der Waals surface area contributed by atoms with Crippen molar-refractivity contribution in [3.63, 3.8) is 0 Å². The van der Waals surface area contributed by atoms with E-state index in [4.69, 9.17) is 9.47 Å². The van der Waals surface area contributed by atoms with Crippen LogP contribution >= 0.6 is 0 Å². The first kappa shape index (κ1) is 32.8. The molecule has 5 rings (SSSR count). The van der Waals surface area contributed by atoms with Crippen LogP contribution in [0.1, 0.15) is 68.2 Å². The summed E-state index contributed by atoms with van der Waals surface area (Å²) >= 11 is 0. The maximum Gasteiger partial charge on any atom is 0.264 e. The molecular weight excluding hydrogens is 604 g/mol. The summed E-state index contributed by atoms with van der Waals surface area (Å²) in [6.45, 7) is 14.2. The van der Waals surface area contributed by atoms with Gasteiger partial charge in [-0.25, -0.2) is 18.1 Å². The molecule has 0 spiro atoms. The van der Waals surface area contributed by atoms with E-state index in [-0.39, 0.29) is 52.9 Å². The van der Waals surface area contributed by atoms with Gasteiger partial charge in [0.1, 0.15) is 6.61 Å². The van der Waals surface area contributed by atoms with Crippen molar-refractivity contribution in [2.24, 2.45) is 5.41 Å². The van der Waals surface area contributed by atoms with Crippen molar-refractivity contribution in [2.75, 3.05) is 11.3 Å². The SMILES string of the molecule is Cc1cccc(C)c1-c1cc2nc(n1)NS(=O)(=O)c1cccc(c1)C(=O)N(Cc1ccc(OC(C)C)nn1)[C@H](CC(C)(C)C)CO2. The summed E-state index contributed by atoms with van der Waals surface area (Å²) in [7, 11) is -4.17. The molecule has 46 heavy (non-hydrogen) atoms. The highest BCUT2D eigenvalue weighted by Gasteiger charge is 2.32. The third kappa shape index (κ3) is 7.79. The van der Waals surface area contributed by atoms with Crippen LogP contribution in [-0.4, -0.2) is 58.1 Å². The van der Waals surface area contributed by atoms with Crippen LogP contribution in [0.4, 0.5) is 5.95 Å². The molecule has 4 bridgehead atoms. The third-order valence-corrected chi connectivity index (χ3v) is 8.74. The second-order valence-corrected chi connectivity index (χ2v) is 14.7. The molecule has 11 nitrogen and oxygen atoms in total. The van der Waals surface area contributed by atoms with Crippen LogP contribution in [0.5, 0.6) is 11.8 Å². The Labute approximate surface area is 270 Å². The molecule has 1 N–H and O–H groups in total. The van der Waals surface area contributed by atoms with Crippen molar-refractivity contribution in [1.29, 1.82) is 0 Å². The third-order valence-electron chi connectivity index (χ3n) is 7.41. The molecule has 1 aliphatic heterocycles. The van der Waals surface area contributed by atoms with E-state index >= 15 is 0 Å². The number of hydrogen-bond acceptors (Lipinski definition) is 9. The number of carbonyl (C=O) groups excluding carboxylic acids is 1. The van der Waals surface area contributed by atoms with Crippen LogP contribution in [0.2, 0.25) is 0 Å². The highest BCUT2D eigenvalue weighted by Crippen LogP contribution is 2.31. The van der Waals surface area contributed by atoms with Gasteiger partial charge in [0.25, 0.3) is 15.9 Å². The summed E-state index contributed by atoms with van der Waals surface area (Å²) in [5.74, 6) is 0.0636. The summed E-state index contributed by atoms with van der Waals surface area (Å²) < 4.78 is 41.7. The summed E-state index contributed by atoms with van der Waals surface area (Å²) in [6, 6.07) is 16.6. The van der Waals surface area contributed by atoms with Gasteiger partial charge in [0.05, 0.1) is 35.0 Å². The van der Waals surface area contributed by atoms with Crippen molar-refractivity contribution in [1.82, 2.24) is 25.1 Å². The van der Waals surface area contributed by atoms with Crippen LogP contribution in [0.3, 0.4) is 0 Å². The zero-order valence-electron chi connectivity index (χ0n) is 27.2. The molecule has 0 fully saturated rings. The Kier molecular flexibility index (Phi) is 9.29. The van der Waals surface area contributed by atoms with Crippen molar-refractivity contribution < 1.29 is 22.7 Å². The van der Waals surface area contributed by atoms with Gasteiger partial charge in [-0.3, -0.25) is 4.79 Å². The highest BCUT2D eigenvalue weighted by molar-refractivity contribution is 7.92. The van der Waals surface area contributed by atoms with Crippen LogP contribution in [0, 0.1) is 19.3 Å². The summed E-state index contributed by atoms with van der Waals surface area (Å²) in [5.41, 5.74) is 3.86. The molecule has 0 unspecified atom stereocenters. The first-order chi connectivity index (χ1) is 21.7. The molecule has 242 valence electrons. The van der Waals surface area contributed by atoms with Gasteiger partial charge in [-0.15, -0.1) is 5.10 Å². The lowest BCUT2D eigenvalue weighted by atomic mass is 9.87. The average Bonchev–Trinajstić information content (AvgIpc) is 2.97. The minimum absolute atomic E-state index is 0.0650. The molecule has 1 atom stereocenters. The van der Waals surface area contributed by atoms with Crippen molar-refractivity contribution in [3.8, 4) is 23.0 Å². The number of anilines is 1. The molecule has 12 heteroatoms. The number of nitrogens with one attached hydrogen (secondary N) is 1. The summed E-state index contributed by atoms with van der Waals surface area (Å²) in [6.07, 6.45) is 0.503. The Morgan fingerprint density at radius 3 is 2.37 bits per heavy atom. The van der Waals surface area contributed by atoms with Crippen LogP contribution in [0.15, 0.2) is 65.6 Å². The second kappa shape index (κ2) is 13.0. The predicted molar refractivity (Wildman–Crippen MR) is 175 cm³/mol. The summed E-state index contributed by atoms with van der Waals surface area (Å²) in [4.78, 5) is 24.9. The molecule has 0 saturated carbocycles. The number of amides is 1. The van der Waals surface area contributed by atoms with E-state index in [1.165, 1.54) is 12.1 Å². The van der Waals surface area contributed by atoms with Crippen molar-refractivity contribution in [2.45, 2.75) is 78.5 Å². The van der Waals surface area contributed by atoms with E-state index in [9.17, 15) is 13.2 Å². The zero-order chi connectivity index (χ0) is 33.2. The maximum atomic E-state index is 14.3. The van der Waals surface area contributed by atoms with E-state index < -0.39 is 16.1 Å². The van der Waals surface area contributed by atoms with E-state index in [1.807, 2.05) is 45.9 Å². The standard InChI is InChI=1S/C34H40N6O5S/c1-21(2)45-29-15-14-25(37-38-29)19-40-26(18-34(5,6)7)20-44-30-17-28(31-22(3)10-8-11-23(31)4)35-33(36-30)39-46(42,43)27-13-9-12-24(16-27)32(40)41/h8-17,21,26H,18-20H2,1-7H3,(H,35,36,39)/t26-/m1/s1. The first-order valence-electron chi connectivity index (χ1n) is 15.2. The number of carbonyl (C=O) groups is 1. The second-order valence-electron chi connectivity index (χ2n) is 13.0. The Balaban J connectivity index is 1.64. The number of aryl methyl sites for hydroxylation is 2. The molecule has 3 heterocycles. The van der Waals surface area contributed by atoms with E-state index in [1.54, 1.807) is 35.2 Å². The number of ether oxygens (including phenoxy) is 2. The van der Waals surface area contributed by atoms with Gasteiger partial charge in [-0.05, 0) is 74.9 Å². The lowest BCUT2D eigenvalue weighted by molar-refractivity contribution is 0.0508. The van der Waals surface area contributed by atoms with Gasteiger partial charge in [-0.2, -0.15) is 10.1 Å². The zero-order valence-corrected chi connectivity index (χ0v) is 28.1. The Hall–Kier alpha value is -4.58. The maximum absolute atomic E-state index is 14.3. The Bertz CT molecular complexity index is 1820. The molecule has 2 aromatic heterocycles. The quantitative estimate of drug-likeness (QED) is 0.269. The fourth-order valence-corrected chi connectivity index (χ4v) is 6.45. The van der Waals surface area contributed by atoms with E-state index in [0.29, 0.717) is 23.7 Å². The number of sulfonamides is 1. The highest BCUT2D eigenvalue weighted by atomic mass is 32.2. The van der Waals surface area contributed by atoms with Gasteiger partial charge in [0, 0.05) is 23.3 Å². The molecule has 1 aliphatic rings. The van der Waals surface area contributed by atoms with Gasteiger partial charge in [0.15, 0.2) is 0 Å². The van der Waals surface area contributed by atoms with Crippen LogP contribution < -0.4 is 14.2 Å².